The van der Waals surface area contributed by atoms with Crippen LogP contribution in [0.1, 0.15) is 32.8 Å². The van der Waals surface area contributed by atoms with E-state index in [-0.39, 0.29) is 5.91 Å². The molecule has 1 N–H and O–H groups in total. The molecule has 1 atom stereocenters. The van der Waals surface area contributed by atoms with Crippen molar-refractivity contribution in [2.75, 3.05) is 6.54 Å². The highest BCUT2D eigenvalue weighted by Crippen LogP contribution is 2.31. The molecule has 0 saturated heterocycles. The first-order valence-corrected chi connectivity index (χ1v) is 6.91. The van der Waals surface area contributed by atoms with Crippen LogP contribution in [0.4, 0.5) is 0 Å². The van der Waals surface area contributed by atoms with Gasteiger partial charge in [0.2, 0.25) is 5.91 Å². The fourth-order valence-corrected chi connectivity index (χ4v) is 2.50. The zero-order valence-electron chi connectivity index (χ0n) is 11.3. The van der Waals surface area contributed by atoms with Crippen molar-refractivity contribution in [3.05, 3.63) is 34.3 Å². The van der Waals surface area contributed by atoms with Gasteiger partial charge in [-0.1, -0.05) is 35.0 Å². The van der Waals surface area contributed by atoms with Gasteiger partial charge in [-0.2, -0.15) is 0 Å². The largest absolute Gasteiger partial charge is 0.479 e. The van der Waals surface area contributed by atoms with Gasteiger partial charge >= 0.3 is 5.97 Å². The van der Waals surface area contributed by atoms with Gasteiger partial charge in [0.15, 0.2) is 5.54 Å². The van der Waals surface area contributed by atoms with E-state index in [1.165, 1.54) is 11.8 Å². The number of hydrogen-bond acceptors (Lipinski definition) is 2. The molecule has 0 saturated carbocycles. The monoisotopic (exact) mass is 327 g/mol. The van der Waals surface area contributed by atoms with E-state index in [9.17, 15) is 14.7 Å². The van der Waals surface area contributed by atoms with Gasteiger partial charge in [-0.3, -0.25) is 4.79 Å². The number of carboxylic acid groups (broad SMARTS) is 1. The number of rotatable bonds is 5. The third kappa shape index (κ3) is 3.15. The molecule has 0 bridgehead atoms. The van der Waals surface area contributed by atoms with Crippen LogP contribution in [0.5, 0.6) is 0 Å². The summed E-state index contributed by atoms with van der Waals surface area (Å²) in [4.78, 5) is 24.9. The fourth-order valence-electron chi connectivity index (χ4n) is 2.11. The van der Waals surface area contributed by atoms with Crippen molar-refractivity contribution in [1.29, 1.82) is 0 Å². The van der Waals surface area contributed by atoms with Gasteiger partial charge in [0.05, 0.1) is 0 Å². The van der Waals surface area contributed by atoms with Gasteiger partial charge in [0, 0.05) is 17.9 Å². The highest BCUT2D eigenvalue weighted by Gasteiger charge is 2.42. The normalized spacial score (nSPS) is 13.7. The van der Waals surface area contributed by atoms with Gasteiger partial charge < -0.3 is 10.0 Å². The Bertz CT molecular complexity index is 489. The Kier molecular flexibility index (Phi) is 5.11. The molecule has 0 fully saturated rings. The molecular weight excluding hydrogens is 310 g/mol. The maximum absolute atomic E-state index is 11.8. The molecule has 0 aliphatic rings. The van der Waals surface area contributed by atoms with Crippen LogP contribution in [-0.2, 0) is 15.1 Å². The molecule has 0 radical (unpaired) electrons. The fraction of sp³-hybridized carbons (Fsp3) is 0.429. The van der Waals surface area contributed by atoms with E-state index in [4.69, 9.17) is 0 Å². The minimum atomic E-state index is -1.36. The molecule has 5 heteroatoms. The maximum Gasteiger partial charge on any atom is 0.334 e. The summed E-state index contributed by atoms with van der Waals surface area (Å²) in [6, 6.07) is 7.05. The zero-order chi connectivity index (χ0) is 14.6. The van der Waals surface area contributed by atoms with Crippen LogP contribution >= 0.6 is 15.9 Å². The van der Waals surface area contributed by atoms with Gasteiger partial charge in [0.25, 0.3) is 0 Å². The Balaban J connectivity index is 3.37. The SMILES string of the molecule is CCCN(C(C)=O)C(C)(C(=O)O)c1cccc(Br)c1. The predicted octanol–water partition coefficient (Wildman–Crippen LogP) is 3.01. The molecule has 0 spiro atoms. The lowest BCUT2D eigenvalue weighted by Gasteiger charge is -2.37. The molecule has 104 valence electrons. The number of carboxylic acids is 1. The number of halogens is 1. The summed E-state index contributed by atoms with van der Waals surface area (Å²) in [7, 11) is 0. The number of benzene rings is 1. The molecular formula is C14H18BrNO3. The van der Waals surface area contributed by atoms with Crippen LogP contribution in [-0.4, -0.2) is 28.4 Å². The van der Waals surface area contributed by atoms with Crippen molar-refractivity contribution in [3.8, 4) is 0 Å². The van der Waals surface area contributed by atoms with Crippen molar-refractivity contribution in [1.82, 2.24) is 4.90 Å². The average molecular weight is 328 g/mol. The van der Waals surface area contributed by atoms with E-state index in [1.54, 1.807) is 25.1 Å². The van der Waals surface area contributed by atoms with Crippen molar-refractivity contribution >= 4 is 27.8 Å². The molecule has 4 nitrogen and oxygen atoms in total. The standard InChI is InChI=1S/C14H18BrNO3/c1-4-8-16(10(2)17)14(3,13(18)19)11-6-5-7-12(15)9-11/h5-7,9H,4,8H2,1-3H3,(H,18,19). The molecule has 1 unspecified atom stereocenters. The second-order valence-corrected chi connectivity index (χ2v) is 5.47. The second-order valence-electron chi connectivity index (χ2n) is 4.56. The third-order valence-corrected chi connectivity index (χ3v) is 3.66. The van der Waals surface area contributed by atoms with Gasteiger partial charge in [-0.15, -0.1) is 0 Å². The summed E-state index contributed by atoms with van der Waals surface area (Å²) in [5.41, 5.74) is -0.774. The number of carbonyl (C=O) groups is 2. The van der Waals surface area contributed by atoms with Gasteiger partial charge in [-0.05, 0) is 31.0 Å². The number of hydrogen-bond donors (Lipinski definition) is 1. The summed E-state index contributed by atoms with van der Waals surface area (Å²) >= 11 is 3.33. The average Bonchev–Trinajstić information content (AvgIpc) is 2.34. The molecule has 0 aliphatic carbocycles. The minimum Gasteiger partial charge on any atom is -0.479 e. The van der Waals surface area contributed by atoms with Crippen LogP contribution in [0.3, 0.4) is 0 Å². The van der Waals surface area contributed by atoms with Crippen LogP contribution < -0.4 is 0 Å². The summed E-state index contributed by atoms with van der Waals surface area (Å²) in [6.45, 7) is 5.28. The first kappa shape index (κ1) is 15.7. The summed E-state index contributed by atoms with van der Waals surface area (Å²) in [5.74, 6) is -1.28. The first-order chi connectivity index (χ1) is 8.83. The summed E-state index contributed by atoms with van der Waals surface area (Å²) in [5, 5.41) is 9.61. The lowest BCUT2D eigenvalue weighted by molar-refractivity contribution is -0.158. The van der Waals surface area contributed by atoms with E-state index in [0.717, 1.165) is 4.47 Å². The Morgan fingerprint density at radius 1 is 1.42 bits per heavy atom. The van der Waals surface area contributed by atoms with Gasteiger partial charge in [-0.25, -0.2) is 4.79 Å². The Hall–Kier alpha value is -1.36. The van der Waals surface area contributed by atoms with Crippen LogP contribution in [0.15, 0.2) is 28.7 Å². The Morgan fingerprint density at radius 2 is 2.05 bits per heavy atom. The minimum absolute atomic E-state index is 0.244. The van der Waals surface area contributed by atoms with E-state index in [0.29, 0.717) is 18.5 Å². The zero-order valence-corrected chi connectivity index (χ0v) is 12.9. The number of carbonyl (C=O) groups excluding carboxylic acids is 1. The van der Waals surface area contributed by atoms with Crippen LogP contribution in [0.2, 0.25) is 0 Å². The predicted molar refractivity (Wildman–Crippen MR) is 76.8 cm³/mol. The molecule has 1 rings (SSSR count). The van der Waals surface area contributed by atoms with E-state index in [1.807, 2.05) is 13.0 Å². The van der Waals surface area contributed by atoms with Crippen molar-refractivity contribution < 1.29 is 14.7 Å². The topological polar surface area (TPSA) is 57.6 Å². The highest BCUT2D eigenvalue weighted by molar-refractivity contribution is 9.10. The molecule has 1 aromatic carbocycles. The third-order valence-electron chi connectivity index (χ3n) is 3.17. The summed E-state index contributed by atoms with van der Waals surface area (Å²) < 4.78 is 0.789. The van der Waals surface area contributed by atoms with Crippen LogP contribution in [0.25, 0.3) is 0 Å². The Morgan fingerprint density at radius 3 is 2.47 bits per heavy atom. The van der Waals surface area contributed by atoms with Crippen molar-refractivity contribution in [2.45, 2.75) is 32.7 Å². The summed E-state index contributed by atoms with van der Waals surface area (Å²) in [6.07, 6.45) is 0.705. The Labute approximate surface area is 121 Å². The highest BCUT2D eigenvalue weighted by atomic mass is 79.9. The number of nitrogens with zero attached hydrogens (tertiary/aromatic N) is 1. The molecule has 19 heavy (non-hydrogen) atoms. The van der Waals surface area contributed by atoms with E-state index in [2.05, 4.69) is 15.9 Å². The lowest BCUT2D eigenvalue weighted by Crippen LogP contribution is -2.52. The lowest BCUT2D eigenvalue weighted by atomic mass is 9.89. The molecule has 0 heterocycles. The number of amides is 1. The van der Waals surface area contributed by atoms with E-state index < -0.39 is 11.5 Å². The van der Waals surface area contributed by atoms with Crippen molar-refractivity contribution in [3.63, 3.8) is 0 Å². The van der Waals surface area contributed by atoms with Crippen LogP contribution in [0, 0.1) is 0 Å². The quantitative estimate of drug-likeness (QED) is 0.904. The molecule has 0 aliphatic heterocycles. The number of aliphatic carboxylic acids is 1. The first-order valence-electron chi connectivity index (χ1n) is 6.11. The van der Waals surface area contributed by atoms with E-state index >= 15 is 0 Å². The molecule has 0 aromatic heterocycles. The molecule has 1 aromatic rings. The smallest absolute Gasteiger partial charge is 0.334 e. The van der Waals surface area contributed by atoms with Gasteiger partial charge in [0.1, 0.15) is 0 Å². The van der Waals surface area contributed by atoms with Crippen molar-refractivity contribution in [2.24, 2.45) is 0 Å². The molecule has 1 amide bonds. The second kappa shape index (κ2) is 6.19. The maximum atomic E-state index is 11.8.